The smallest absolute Gasteiger partial charge is 0.380 e. The third-order valence-electron chi connectivity index (χ3n) is 4.25. The highest BCUT2D eigenvalue weighted by atomic mass is 19.4. The van der Waals surface area contributed by atoms with Crippen molar-refractivity contribution in [2.75, 3.05) is 18.6 Å². The van der Waals surface area contributed by atoms with Gasteiger partial charge in [0.1, 0.15) is 12.4 Å². The molecule has 34 heavy (non-hydrogen) atoms. The first-order valence-corrected chi connectivity index (χ1v) is 9.72. The number of rotatable bonds is 8. The van der Waals surface area contributed by atoms with Crippen molar-refractivity contribution in [2.45, 2.75) is 12.8 Å². The summed E-state index contributed by atoms with van der Waals surface area (Å²) in [5, 5.41) is 3.74. The summed E-state index contributed by atoms with van der Waals surface area (Å²) in [6.07, 6.45) is -3.04. The zero-order valence-corrected chi connectivity index (χ0v) is 18.0. The number of hydrogen-bond acceptors (Lipinski definition) is 7. The van der Waals surface area contributed by atoms with Crippen LogP contribution in [0.3, 0.4) is 0 Å². The highest BCUT2D eigenvalue weighted by Gasteiger charge is 2.27. The highest BCUT2D eigenvalue weighted by molar-refractivity contribution is 6.02. The molecule has 0 atom stereocenters. The third-order valence-corrected chi connectivity index (χ3v) is 4.25. The van der Waals surface area contributed by atoms with E-state index in [0.29, 0.717) is 17.1 Å². The lowest BCUT2D eigenvalue weighted by atomic mass is 10.2. The van der Waals surface area contributed by atoms with E-state index in [1.54, 1.807) is 18.0 Å². The predicted molar refractivity (Wildman–Crippen MR) is 120 cm³/mol. The van der Waals surface area contributed by atoms with Crippen molar-refractivity contribution in [3.8, 4) is 11.5 Å². The quantitative estimate of drug-likeness (QED) is 0.375. The maximum Gasteiger partial charge on any atom is 0.411 e. The largest absolute Gasteiger partial charge is 0.411 e. The Morgan fingerprint density at radius 2 is 1.88 bits per heavy atom. The molecule has 1 aromatic carbocycles. The first-order valence-electron chi connectivity index (χ1n) is 9.72. The summed E-state index contributed by atoms with van der Waals surface area (Å²) in [7, 11) is 1.77. The lowest BCUT2D eigenvalue weighted by Crippen LogP contribution is -2.22. The molecule has 3 rings (SSSR count). The molecule has 2 heterocycles. The number of ether oxygens (including phenoxy) is 1. The minimum atomic E-state index is -4.40. The second-order valence-electron chi connectivity index (χ2n) is 6.85. The number of para-hydroxylation sites is 1. The van der Waals surface area contributed by atoms with Crippen LogP contribution in [0.5, 0.6) is 0 Å². The number of aromatic nitrogens is 3. The zero-order chi connectivity index (χ0) is 24.7. The molecule has 0 amide bonds. The van der Waals surface area contributed by atoms with Crippen LogP contribution in [-0.2, 0) is 11.3 Å². The Balaban J connectivity index is 1.64. The summed E-state index contributed by atoms with van der Waals surface area (Å²) < 4.78 is 46.1. The Bertz CT molecular complexity index is 1170. The molecule has 0 saturated carbocycles. The molecule has 0 aliphatic rings. The number of nitrogens with two attached hydrogens (primary N) is 2. The molecule has 10 nitrogen and oxygen atoms in total. The van der Waals surface area contributed by atoms with Gasteiger partial charge in [-0.15, -0.1) is 0 Å². The molecule has 3 aromatic rings. The van der Waals surface area contributed by atoms with Crippen LogP contribution in [0.1, 0.15) is 11.5 Å². The van der Waals surface area contributed by atoms with Crippen molar-refractivity contribution in [1.82, 2.24) is 15.1 Å². The van der Waals surface area contributed by atoms with Crippen molar-refractivity contribution in [1.29, 1.82) is 0 Å². The van der Waals surface area contributed by atoms with E-state index in [1.807, 2.05) is 30.3 Å². The average Bonchev–Trinajstić information content (AvgIpc) is 3.29. The minimum absolute atomic E-state index is 0.0345. The van der Waals surface area contributed by atoms with Crippen LogP contribution in [0.25, 0.3) is 11.5 Å². The van der Waals surface area contributed by atoms with Crippen LogP contribution >= 0.6 is 0 Å². The van der Waals surface area contributed by atoms with Crippen molar-refractivity contribution < 1.29 is 22.4 Å². The summed E-state index contributed by atoms with van der Waals surface area (Å²) >= 11 is 0. The number of benzene rings is 1. The molecular formula is C21H21F3N8O2. The average molecular weight is 474 g/mol. The van der Waals surface area contributed by atoms with Crippen molar-refractivity contribution in [3.63, 3.8) is 0 Å². The number of pyridine rings is 1. The summed E-state index contributed by atoms with van der Waals surface area (Å²) in [5.74, 6) is 0.0670. The Morgan fingerprint density at radius 3 is 2.53 bits per heavy atom. The maximum atomic E-state index is 12.1. The predicted octanol–water partition coefficient (Wildman–Crippen LogP) is 2.84. The van der Waals surface area contributed by atoms with Crippen LogP contribution < -0.4 is 16.4 Å². The third kappa shape index (κ3) is 6.87. The van der Waals surface area contributed by atoms with E-state index >= 15 is 0 Å². The van der Waals surface area contributed by atoms with Gasteiger partial charge in [0.25, 0.3) is 5.89 Å². The zero-order valence-electron chi connectivity index (χ0n) is 18.0. The fourth-order valence-corrected chi connectivity index (χ4v) is 2.56. The second kappa shape index (κ2) is 10.6. The first kappa shape index (κ1) is 24.4. The van der Waals surface area contributed by atoms with Gasteiger partial charge in [-0.05, 0) is 24.3 Å². The molecule has 0 radical (unpaired) electrons. The van der Waals surface area contributed by atoms with E-state index in [0.717, 1.165) is 5.69 Å². The Morgan fingerprint density at radius 1 is 1.15 bits per heavy atom. The van der Waals surface area contributed by atoms with Crippen LogP contribution in [0.4, 0.5) is 18.9 Å². The maximum absolute atomic E-state index is 12.1. The van der Waals surface area contributed by atoms with E-state index < -0.39 is 12.8 Å². The lowest BCUT2D eigenvalue weighted by Gasteiger charge is -2.18. The summed E-state index contributed by atoms with van der Waals surface area (Å²) in [6, 6.07) is 12.4. The van der Waals surface area contributed by atoms with Gasteiger partial charge in [-0.1, -0.05) is 29.9 Å². The fraction of sp³-hybridized carbons (Fsp3) is 0.190. The molecule has 0 spiro atoms. The summed E-state index contributed by atoms with van der Waals surface area (Å²) in [5.41, 5.74) is 13.3. The number of alkyl halides is 3. The SMILES string of the molecule is C=C(/N=C(N)\N=C(/N)c1noc(-c2ccc(COCC(F)(F)F)nc2)n1)N(C)c1ccccc1. The van der Waals surface area contributed by atoms with Gasteiger partial charge in [0.2, 0.25) is 11.8 Å². The van der Waals surface area contributed by atoms with Crippen molar-refractivity contribution >= 4 is 17.5 Å². The Hall–Kier alpha value is -4.26. The lowest BCUT2D eigenvalue weighted by molar-refractivity contribution is -0.176. The van der Waals surface area contributed by atoms with E-state index in [9.17, 15) is 13.2 Å². The molecule has 0 unspecified atom stereocenters. The summed E-state index contributed by atoms with van der Waals surface area (Å²) in [4.78, 5) is 17.9. The van der Waals surface area contributed by atoms with Gasteiger partial charge in [-0.2, -0.15) is 28.1 Å². The Kier molecular flexibility index (Phi) is 7.58. The molecule has 178 valence electrons. The number of halogens is 3. The van der Waals surface area contributed by atoms with Crippen LogP contribution in [0.15, 0.2) is 75.6 Å². The van der Waals surface area contributed by atoms with Crippen molar-refractivity contribution in [3.05, 3.63) is 72.6 Å². The number of hydrogen-bond donors (Lipinski definition) is 2. The molecular weight excluding hydrogens is 453 g/mol. The van der Waals surface area contributed by atoms with Gasteiger partial charge < -0.3 is 25.6 Å². The van der Waals surface area contributed by atoms with Gasteiger partial charge >= 0.3 is 6.18 Å². The highest BCUT2D eigenvalue weighted by Crippen LogP contribution is 2.19. The second-order valence-corrected chi connectivity index (χ2v) is 6.85. The van der Waals surface area contributed by atoms with Crippen LogP contribution in [-0.4, -0.2) is 46.8 Å². The number of guanidine groups is 1. The van der Waals surface area contributed by atoms with E-state index in [1.165, 1.54) is 12.3 Å². The monoisotopic (exact) mass is 474 g/mol. The normalized spacial score (nSPS) is 12.6. The number of anilines is 1. The van der Waals surface area contributed by atoms with Crippen LogP contribution in [0, 0.1) is 0 Å². The minimum Gasteiger partial charge on any atom is -0.380 e. The molecule has 13 heteroatoms. The molecule has 0 aliphatic carbocycles. The Labute approximate surface area is 192 Å². The van der Waals surface area contributed by atoms with E-state index in [2.05, 4.69) is 36.4 Å². The molecule has 0 bridgehead atoms. The first-order chi connectivity index (χ1) is 16.1. The van der Waals surface area contributed by atoms with Crippen molar-refractivity contribution in [2.24, 2.45) is 21.5 Å². The number of amidine groups is 1. The number of aliphatic imine (C=N–C) groups is 2. The van der Waals surface area contributed by atoms with Crippen LogP contribution in [0.2, 0.25) is 0 Å². The number of nitrogens with zero attached hydrogens (tertiary/aromatic N) is 6. The molecule has 0 fully saturated rings. The van der Waals surface area contributed by atoms with Gasteiger partial charge in [0.05, 0.1) is 17.9 Å². The van der Waals surface area contributed by atoms with Gasteiger partial charge in [0, 0.05) is 18.9 Å². The molecule has 2 aromatic heterocycles. The summed E-state index contributed by atoms with van der Waals surface area (Å²) in [6.45, 7) is 2.21. The molecule has 4 N–H and O–H groups in total. The van der Waals surface area contributed by atoms with Gasteiger partial charge in [-0.25, -0.2) is 0 Å². The van der Waals surface area contributed by atoms with E-state index in [-0.39, 0.29) is 30.1 Å². The molecule has 0 saturated heterocycles. The topological polar surface area (TPSA) is 141 Å². The van der Waals surface area contributed by atoms with E-state index in [4.69, 9.17) is 16.0 Å². The van der Waals surface area contributed by atoms with Gasteiger partial charge in [-0.3, -0.25) is 4.98 Å². The van der Waals surface area contributed by atoms with Gasteiger partial charge in [0.15, 0.2) is 5.84 Å². The standard InChI is InChI=1S/C21H21F3N8O2/c1-13(32(2)16-6-4-3-5-7-16)28-20(26)29-17(25)18-30-19(34-31-18)14-8-9-15(27-10-14)11-33-12-21(22,23)24/h3-10H,1,11-12H2,2H3,(H4,25,26,28,29). The fourth-order valence-electron chi connectivity index (χ4n) is 2.56. The molecule has 0 aliphatic heterocycles.